The minimum Gasteiger partial charge on any atom is -0.207 e. The number of sulfonamides is 1. The molecule has 0 radical (unpaired) electrons. The van der Waals surface area contributed by atoms with Crippen molar-refractivity contribution in [2.24, 2.45) is 0 Å². The van der Waals surface area contributed by atoms with Gasteiger partial charge in [0.2, 0.25) is 10.0 Å². The molecule has 1 aliphatic heterocycles. The van der Waals surface area contributed by atoms with Crippen molar-refractivity contribution >= 4 is 21.6 Å². The van der Waals surface area contributed by atoms with Crippen LogP contribution >= 0.6 is 11.6 Å². The van der Waals surface area contributed by atoms with Crippen molar-refractivity contribution in [3.8, 4) is 0 Å². The lowest BCUT2D eigenvalue weighted by Crippen LogP contribution is -2.35. The van der Waals surface area contributed by atoms with Gasteiger partial charge in [0.05, 0.1) is 4.90 Å². The monoisotopic (exact) mass is 305 g/mol. The van der Waals surface area contributed by atoms with Crippen molar-refractivity contribution in [3.05, 3.63) is 29.6 Å². The normalized spacial score (nSPS) is 20.9. The minimum absolute atomic E-state index is 0.00264. The number of alkyl halides is 1. The fourth-order valence-corrected chi connectivity index (χ4v) is 4.85. The maximum Gasteiger partial charge on any atom is 0.243 e. The van der Waals surface area contributed by atoms with E-state index in [9.17, 15) is 12.8 Å². The maximum absolute atomic E-state index is 13.4. The molecular formula is C13H17ClFNO2S. The highest BCUT2D eigenvalue weighted by Crippen LogP contribution is 2.30. The molecule has 1 aromatic carbocycles. The molecule has 106 valence electrons. The van der Waals surface area contributed by atoms with Crippen molar-refractivity contribution in [2.75, 3.05) is 6.54 Å². The molecule has 0 saturated carbocycles. The van der Waals surface area contributed by atoms with Crippen LogP contribution in [0.15, 0.2) is 23.1 Å². The minimum atomic E-state index is -3.66. The average molecular weight is 306 g/mol. The van der Waals surface area contributed by atoms with Crippen LogP contribution in [0.1, 0.15) is 31.7 Å². The van der Waals surface area contributed by atoms with Gasteiger partial charge in [-0.15, -0.1) is 11.6 Å². The maximum atomic E-state index is 13.4. The summed E-state index contributed by atoms with van der Waals surface area (Å²) in [7, 11) is -3.66. The van der Waals surface area contributed by atoms with E-state index in [1.54, 1.807) is 0 Å². The van der Waals surface area contributed by atoms with Crippen molar-refractivity contribution in [2.45, 2.75) is 43.0 Å². The van der Waals surface area contributed by atoms with Gasteiger partial charge in [-0.1, -0.05) is 13.0 Å². The molecular weight excluding hydrogens is 289 g/mol. The molecule has 1 saturated heterocycles. The van der Waals surface area contributed by atoms with E-state index >= 15 is 0 Å². The summed E-state index contributed by atoms with van der Waals surface area (Å²) in [5.74, 6) is -0.501. The van der Waals surface area contributed by atoms with E-state index in [2.05, 4.69) is 0 Å². The van der Waals surface area contributed by atoms with Crippen LogP contribution < -0.4 is 0 Å². The topological polar surface area (TPSA) is 37.4 Å². The van der Waals surface area contributed by atoms with Crippen LogP contribution in [0, 0.1) is 5.82 Å². The Hall–Kier alpha value is -0.650. The third kappa shape index (κ3) is 2.78. The zero-order chi connectivity index (χ0) is 14.0. The molecule has 0 aliphatic carbocycles. The third-order valence-electron chi connectivity index (χ3n) is 3.55. The van der Waals surface area contributed by atoms with Gasteiger partial charge in [0.25, 0.3) is 0 Å². The van der Waals surface area contributed by atoms with Gasteiger partial charge in [-0.3, -0.25) is 0 Å². The fourth-order valence-electron chi connectivity index (χ4n) is 2.54. The molecule has 0 aromatic heterocycles. The van der Waals surface area contributed by atoms with Gasteiger partial charge in [0.15, 0.2) is 0 Å². The highest BCUT2D eigenvalue weighted by atomic mass is 35.5. The molecule has 0 N–H and O–H groups in total. The number of benzene rings is 1. The van der Waals surface area contributed by atoms with E-state index in [4.69, 9.17) is 11.6 Å². The van der Waals surface area contributed by atoms with E-state index in [0.717, 1.165) is 25.3 Å². The lowest BCUT2D eigenvalue weighted by atomic mass is 10.2. The molecule has 1 atom stereocenters. The first-order chi connectivity index (χ1) is 9.00. The van der Waals surface area contributed by atoms with Crippen molar-refractivity contribution in [1.82, 2.24) is 4.31 Å². The van der Waals surface area contributed by atoms with Crippen molar-refractivity contribution in [3.63, 3.8) is 0 Å². The summed E-state index contributed by atoms with van der Waals surface area (Å²) in [6.45, 7) is 2.46. The van der Waals surface area contributed by atoms with Crippen LogP contribution in [-0.2, 0) is 15.9 Å². The first kappa shape index (κ1) is 14.8. The Bertz CT molecular complexity index is 562. The van der Waals surface area contributed by atoms with Gasteiger partial charge >= 0.3 is 0 Å². The Morgan fingerprint density at radius 3 is 2.84 bits per heavy atom. The summed E-state index contributed by atoms with van der Waals surface area (Å²) in [6, 6.07) is 3.75. The Morgan fingerprint density at radius 2 is 2.21 bits per heavy atom. The summed E-state index contributed by atoms with van der Waals surface area (Å²) >= 11 is 5.76. The molecule has 0 spiro atoms. The summed E-state index contributed by atoms with van der Waals surface area (Å²) < 4.78 is 40.1. The van der Waals surface area contributed by atoms with Crippen LogP contribution in [0.3, 0.4) is 0 Å². The standard InChI is InChI=1S/C13H17ClFNO2S/c1-2-12-4-3-7-16(12)19(17,18)13-8-11(15)6-5-10(13)9-14/h5-6,8,12H,2-4,7,9H2,1H3. The lowest BCUT2D eigenvalue weighted by molar-refractivity contribution is 0.379. The van der Waals surface area contributed by atoms with Crippen LogP contribution in [0.4, 0.5) is 4.39 Å². The van der Waals surface area contributed by atoms with Gasteiger partial charge in [0, 0.05) is 18.5 Å². The largest absolute Gasteiger partial charge is 0.243 e. The zero-order valence-corrected chi connectivity index (χ0v) is 12.3. The predicted octanol–water partition coefficient (Wildman–Crippen LogP) is 3.13. The molecule has 6 heteroatoms. The van der Waals surface area contributed by atoms with Crippen LogP contribution in [0.2, 0.25) is 0 Å². The molecule has 0 amide bonds. The van der Waals surface area contributed by atoms with Crippen molar-refractivity contribution < 1.29 is 12.8 Å². The molecule has 1 unspecified atom stereocenters. The van der Waals surface area contributed by atoms with Gasteiger partial charge < -0.3 is 0 Å². The molecule has 1 aromatic rings. The summed E-state index contributed by atoms with van der Waals surface area (Å²) in [4.78, 5) is 0.00264. The van der Waals surface area contributed by atoms with Gasteiger partial charge in [-0.2, -0.15) is 4.31 Å². The smallest absolute Gasteiger partial charge is 0.207 e. The number of hydrogen-bond donors (Lipinski definition) is 0. The molecule has 2 rings (SSSR count). The first-order valence-corrected chi connectivity index (χ1v) is 8.34. The number of nitrogens with zero attached hydrogens (tertiary/aromatic N) is 1. The second-order valence-electron chi connectivity index (χ2n) is 4.71. The number of hydrogen-bond acceptors (Lipinski definition) is 2. The lowest BCUT2D eigenvalue weighted by Gasteiger charge is -2.24. The summed E-state index contributed by atoms with van der Waals surface area (Å²) in [5, 5.41) is 0. The van der Waals surface area contributed by atoms with E-state index in [0.29, 0.717) is 12.1 Å². The summed E-state index contributed by atoms with van der Waals surface area (Å²) in [6.07, 6.45) is 2.48. The van der Waals surface area contributed by atoms with E-state index in [1.165, 1.54) is 16.4 Å². The van der Waals surface area contributed by atoms with Gasteiger partial charge in [0.1, 0.15) is 5.82 Å². The average Bonchev–Trinajstić information content (AvgIpc) is 2.87. The third-order valence-corrected chi connectivity index (χ3v) is 5.88. The second kappa shape index (κ2) is 5.77. The SMILES string of the molecule is CCC1CCCN1S(=O)(=O)c1cc(F)ccc1CCl. The molecule has 1 aliphatic rings. The number of rotatable bonds is 4. The Morgan fingerprint density at radius 1 is 1.47 bits per heavy atom. The highest BCUT2D eigenvalue weighted by Gasteiger charge is 2.35. The Balaban J connectivity index is 2.47. The van der Waals surface area contributed by atoms with Crippen molar-refractivity contribution in [1.29, 1.82) is 0 Å². The Labute approximate surface area is 118 Å². The summed E-state index contributed by atoms with van der Waals surface area (Å²) in [5.41, 5.74) is 0.449. The molecule has 3 nitrogen and oxygen atoms in total. The Kier molecular flexibility index (Phi) is 4.48. The van der Waals surface area contributed by atoms with Crippen LogP contribution in [0.25, 0.3) is 0 Å². The van der Waals surface area contributed by atoms with E-state index in [1.807, 2.05) is 6.92 Å². The fraction of sp³-hybridized carbons (Fsp3) is 0.538. The second-order valence-corrected chi connectivity index (χ2v) is 6.83. The van der Waals surface area contributed by atoms with Gasteiger partial charge in [-0.25, -0.2) is 12.8 Å². The van der Waals surface area contributed by atoms with Crippen LogP contribution in [0.5, 0.6) is 0 Å². The van der Waals surface area contributed by atoms with E-state index < -0.39 is 15.8 Å². The quantitative estimate of drug-likeness (QED) is 0.802. The molecule has 19 heavy (non-hydrogen) atoms. The van der Waals surface area contributed by atoms with Crippen LogP contribution in [-0.4, -0.2) is 25.3 Å². The molecule has 1 fully saturated rings. The number of halogens is 2. The highest BCUT2D eigenvalue weighted by molar-refractivity contribution is 7.89. The van der Waals surface area contributed by atoms with Gasteiger partial charge in [-0.05, 0) is 37.0 Å². The first-order valence-electron chi connectivity index (χ1n) is 6.37. The zero-order valence-electron chi connectivity index (χ0n) is 10.8. The molecule has 0 bridgehead atoms. The predicted molar refractivity (Wildman–Crippen MR) is 73.2 cm³/mol. The van der Waals surface area contributed by atoms with E-state index in [-0.39, 0.29) is 16.8 Å². The molecule has 1 heterocycles.